The monoisotopic (exact) mass is 480 g/mol. The zero-order valence-electron chi connectivity index (χ0n) is 17.0. The number of nitro benzene ring substituents is 1. The Bertz CT molecular complexity index is 1090. The van der Waals surface area contributed by atoms with E-state index in [1.54, 1.807) is 31.5 Å². The molecule has 0 aliphatic carbocycles. The molecule has 0 spiro atoms. The van der Waals surface area contributed by atoms with E-state index < -0.39 is 4.92 Å². The normalized spacial score (nSPS) is 10.8. The summed E-state index contributed by atoms with van der Waals surface area (Å²) in [7, 11) is 1.59. The number of halogens is 1. The molecule has 0 atom stereocenters. The van der Waals surface area contributed by atoms with Gasteiger partial charge in [-0.2, -0.15) is 0 Å². The summed E-state index contributed by atoms with van der Waals surface area (Å²) in [5.74, 6) is 1.26. The van der Waals surface area contributed by atoms with E-state index in [-0.39, 0.29) is 5.69 Å². The van der Waals surface area contributed by atoms with Crippen LogP contribution < -0.4 is 9.47 Å². The number of non-ortho nitro benzene ring substituents is 1. The second-order valence-corrected chi connectivity index (χ2v) is 7.57. The topological polar surface area (TPSA) is 74.0 Å². The maximum atomic E-state index is 10.8. The van der Waals surface area contributed by atoms with Gasteiger partial charge in [-0.25, -0.2) is 0 Å². The maximum Gasteiger partial charge on any atom is 0.269 e. The highest BCUT2D eigenvalue weighted by atomic mass is 79.9. The smallest absolute Gasteiger partial charge is 0.269 e. The molecule has 0 unspecified atom stereocenters. The molecule has 3 aromatic rings. The van der Waals surface area contributed by atoms with Crippen LogP contribution in [0, 0.1) is 10.1 Å². The van der Waals surface area contributed by atoms with Gasteiger partial charge in [0.2, 0.25) is 0 Å². The van der Waals surface area contributed by atoms with E-state index in [1.807, 2.05) is 36.4 Å². The van der Waals surface area contributed by atoms with Crippen molar-refractivity contribution in [3.8, 4) is 11.5 Å². The lowest BCUT2D eigenvalue weighted by Gasteiger charge is -2.16. The Labute approximate surface area is 189 Å². The van der Waals surface area contributed by atoms with Crippen LogP contribution in [-0.4, -0.2) is 18.2 Å². The van der Waals surface area contributed by atoms with Gasteiger partial charge in [-0.3, -0.25) is 15.1 Å². The summed E-state index contributed by atoms with van der Waals surface area (Å²) in [5.41, 5.74) is 3.44. The molecule has 0 aliphatic rings. The van der Waals surface area contributed by atoms with E-state index in [9.17, 15) is 10.1 Å². The Morgan fingerprint density at radius 3 is 2.45 bits per heavy atom. The number of hydrogen-bond acceptors (Lipinski definition) is 5. The molecule has 0 fully saturated rings. The minimum absolute atomic E-state index is 0.0289. The largest absolute Gasteiger partial charge is 0.493 e. The number of nitro groups is 1. The molecule has 0 radical (unpaired) electrons. The first-order valence-corrected chi connectivity index (χ1v) is 10.3. The molecule has 0 heterocycles. The van der Waals surface area contributed by atoms with Gasteiger partial charge in [-0.15, -0.1) is 6.58 Å². The van der Waals surface area contributed by atoms with E-state index in [0.717, 1.165) is 21.2 Å². The average molecular weight is 481 g/mol. The first-order valence-electron chi connectivity index (χ1n) is 9.47. The number of methoxy groups -OCH3 is 1. The summed E-state index contributed by atoms with van der Waals surface area (Å²) in [6, 6.07) is 17.8. The molecule has 0 aromatic heterocycles. The predicted octanol–water partition coefficient (Wildman–Crippen LogP) is 6.42. The molecule has 0 saturated carbocycles. The summed E-state index contributed by atoms with van der Waals surface area (Å²) >= 11 is 3.43. The first kappa shape index (κ1) is 22.2. The van der Waals surface area contributed by atoms with Gasteiger partial charge in [-0.05, 0) is 53.9 Å². The van der Waals surface area contributed by atoms with Crippen LogP contribution in [0.4, 0.5) is 11.4 Å². The molecular weight excluding hydrogens is 460 g/mol. The number of nitrogens with zero attached hydrogens (tertiary/aromatic N) is 2. The quantitative estimate of drug-likeness (QED) is 0.153. The zero-order chi connectivity index (χ0) is 22.2. The molecule has 7 heteroatoms. The fourth-order valence-corrected chi connectivity index (χ4v) is 3.19. The van der Waals surface area contributed by atoms with E-state index in [1.165, 1.54) is 12.1 Å². The van der Waals surface area contributed by atoms with E-state index >= 15 is 0 Å². The Balaban J connectivity index is 1.84. The first-order chi connectivity index (χ1) is 15.0. The molecule has 0 N–H and O–H groups in total. The van der Waals surface area contributed by atoms with Crippen molar-refractivity contribution >= 4 is 33.5 Å². The molecule has 158 valence electrons. The Hall–Kier alpha value is -3.45. The van der Waals surface area contributed by atoms with Gasteiger partial charge in [-0.1, -0.05) is 34.1 Å². The molecule has 3 aromatic carbocycles. The van der Waals surface area contributed by atoms with Crippen LogP contribution in [-0.2, 0) is 13.0 Å². The average Bonchev–Trinajstić information content (AvgIpc) is 2.78. The number of benzene rings is 3. The maximum absolute atomic E-state index is 10.8. The van der Waals surface area contributed by atoms with Crippen molar-refractivity contribution in [3.63, 3.8) is 0 Å². The van der Waals surface area contributed by atoms with Gasteiger partial charge in [0.1, 0.15) is 6.61 Å². The number of rotatable bonds is 9. The van der Waals surface area contributed by atoms with Crippen molar-refractivity contribution in [1.82, 2.24) is 0 Å². The molecule has 3 rings (SSSR count). The lowest BCUT2D eigenvalue weighted by Crippen LogP contribution is -2.02. The van der Waals surface area contributed by atoms with Gasteiger partial charge >= 0.3 is 0 Å². The van der Waals surface area contributed by atoms with Crippen molar-refractivity contribution in [1.29, 1.82) is 0 Å². The van der Waals surface area contributed by atoms with Crippen molar-refractivity contribution < 1.29 is 14.4 Å². The van der Waals surface area contributed by atoms with Crippen molar-refractivity contribution in [2.45, 2.75) is 13.0 Å². The number of ether oxygens (including phenoxy) is 2. The van der Waals surface area contributed by atoms with E-state index in [4.69, 9.17) is 9.47 Å². The van der Waals surface area contributed by atoms with Gasteiger partial charge in [0.05, 0.1) is 17.7 Å². The molecule has 0 saturated heterocycles. The predicted molar refractivity (Wildman–Crippen MR) is 126 cm³/mol. The lowest BCUT2D eigenvalue weighted by molar-refractivity contribution is -0.384. The third-order valence-electron chi connectivity index (χ3n) is 4.46. The van der Waals surface area contributed by atoms with Crippen molar-refractivity contribution in [2.75, 3.05) is 7.11 Å². The molecule has 0 aliphatic heterocycles. The SMILES string of the molecule is C=CCc1cc(C=Nc2ccc([N+](=O)[O-])cc2)cc(OC)c1OCc1ccc(Br)cc1. The third-order valence-corrected chi connectivity index (χ3v) is 4.99. The minimum Gasteiger partial charge on any atom is -0.493 e. The second kappa shape index (κ2) is 10.5. The summed E-state index contributed by atoms with van der Waals surface area (Å²) in [4.78, 5) is 14.8. The summed E-state index contributed by atoms with van der Waals surface area (Å²) in [6.07, 6.45) is 4.10. The van der Waals surface area contributed by atoms with Crippen LogP contribution in [0.2, 0.25) is 0 Å². The number of hydrogen-bond donors (Lipinski definition) is 0. The Morgan fingerprint density at radius 1 is 1.13 bits per heavy atom. The van der Waals surface area contributed by atoms with Crippen LogP contribution in [0.5, 0.6) is 11.5 Å². The highest BCUT2D eigenvalue weighted by molar-refractivity contribution is 9.10. The standard InChI is InChI=1S/C24H21BrN2O4/c1-3-4-19-13-18(15-26-21-9-11-22(12-10-21)27(28)29)14-23(30-2)24(19)31-16-17-5-7-20(25)8-6-17/h3,5-15H,1,4,16H2,2H3. The zero-order valence-corrected chi connectivity index (χ0v) is 18.5. The van der Waals surface area contributed by atoms with Gasteiger partial charge in [0.15, 0.2) is 11.5 Å². The highest BCUT2D eigenvalue weighted by Gasteiger charge is 2.13. The van der Waals surface area contributed by atoms with Crippen LogP contribution in [0.1, 0.15) is 16.7 Å². The third kappa shape index (κ3) is 6.02. The van der Waals surface area contributed by atoms with Crippen LogP contribution in [0.25, 0.3) is 0 Å². The van der Waals surface area contributed by atoms with Crippen LogP contribution >= 0.6 is 15.9 Å². The van der Waals surface area contributed by atoms with Gasteiger partial charge in [0.25, 0.3) is 5.69 Å². The number of aliphatic imine (C=N–C) groups is 1. The van der Waals surface area contributed by atoms with Crippen LogP contribution in [0.15, 0.2) is 82.8 Å². The fraction of sp³-hybridized carbons (Fsp3) is 0.125. The summed E-state index contributed by atoms with van der Waals surface area (Å²) in [6.45, 7) is 4.24. The highest BCUT2D eigenvalue weighted by Crippen LogP contribution is 2.34. The molecular formula is C24H21BrN2O4. The Morgan fingerprint density at radius 2 is 1.84 bits per heavy atom. The Kier molecular flexibility index (Phi) is 7.56. The van der Waals surface area contributed by atoms with E-state index in [2.05, 4.69) is 27.5 Å². The molecule has 6 nitrogen and oxygen atoms in total. The summed E-state index contributed by atoms with van der Waals surface area (Å²) in [5, 5.41) is 10.8. The number of allylic oxidation sites excluding steroid dienone is 1. The van der Waals surface area contributed by atoms with Crippen LogP contribution in [0.3, 0.4) is 0 Å². The van der Waals surface area contributed by atoms with Gasteiger partial charge in [0, 0.05) is 28.4 Å². The lowest BCUT2D eigenvalue weighted by atomic mass is 10.1. The van der Waals surface area contributed by atoms with Crippen molar-refractivity contribution in [3.05, 3.63) is 105 Å². The minimum atomic E-state index is -0.438. The van der Waals surface area contributed by atoms with Gasteiger partial charge < -0.3 is 9.47 Å². The fourth-order valence-electron chi connectivity index (χ4n) is 2.93. The second-order valence-electron chi connectivity index (χ2n) is 6.65. The molecule has 31 heavy (non-hydrogen) atoms. The molecule has 0 amide bonds. The van der Waals surface area contributed by atoms with E-state index in [0.29, 0.717) is 30.2 Å². The molecule has 0 bridgehead atoms. The van der Waals surface area contributed by atoms with Crippen molar-refractivity contribution in [2.24, 2.45) is 4.99 Å². The summed E-state index contributed by atoms with van der Waals surface area (Å²) < 4.78 is 12.7.